The minimum Gasteiger partial charge on any atom is -0.399 e. The zero-order valence-electron chi connectivity index (χ0n) is 20.9. The highest BCUT2D eigenvalue weighted by Gasteiger charge is 2.52. The molecule has 3 aromatic rings. The lowest BCUT2D eigenvalue weighted by Gasteiger charge is -2.32. The fraction of sp³-hybridized carbons (Fsp3) is 0.409. The molecule has 2 aromatic carbocycles. The lowest BCUT2D eigenvalue weighted by molar-refractivity contribution is -0.384. The number of anilines is 1. The molecule has 1 unspecified atom stereocenters. The van der Waals surface area contributed by atoms with Crippen LogP contribution >= 0.6 is 0 Å². The Morgan fingerprint density at radius 2 is 1.76 bits per heavy atom. The SMILES string of the molecule is CC(Cn1cnnn1)N(c1cc(B2OC(C)(C)C(C)(C)O2)ccc1F)S(=O)(=O)c1ccc([N+](=O)[O-])cc1. The van der Waals surface area contributed by atoms with E-state index in [-0.39, 0.29) is 22.8 Å². The first-order chi connectivity index (χ1) is 17.2. The molecule has 1 atom stereocenters. The van der Waals surface area contributed by atoms with Gasteiger partial charge in [-0.2, -0.15) is 0 Å². The minimum atomic E-state index is -4.40. The summed E-state index contributed by atoms with van der Waals surface area (Å²) in [6.07, 6.45) is 1.31. The number of nitro benzene ring substituents is 1. The lowest BCUT2D eigenvalue weighted by Crippen LogP contribution is -2.43. The van der Waals surface area contributed by atoms with Gasteiger partial charge >= 0.3 is 7.12 Å². The van der Waals surface area contributed by atoms with Gasteiger partial charge in [-0.15, -0.1) is 5.10 Å². The maximum absolute atomic E-state index is 15.3. The van der Waals surface area contributed by atoms with Crippen molar-refractivity contribution in [2.45, 2.75) is 63.3 Å². The summed E-state index contributed by atoms with van der Waals surface area (Å²) in [5.41, 5.74) is -1.42. The number of hydrogen-bond acceptors (Lipinski definition) is 9. The van der Waals surface area contributed by atoms with Gasteiger partial charge in [-0.3, -0.25) is 14.4 Å². The topological polar surface area (TPSA) is 143 Å². The molecule has 196 valence electrons. The molecule has 4 rings (SSSR count). The number of aromatic nitrogens is 4. The first-order valence-electron chi connectivity index (χ1n) is 11.4. The number of non-ortho nitro benzene ring substituents is 1. The molecule has 12 nitrogen and oxygen atoms in total. The van der Waals surface area contributed by atoms with E-state index in [1.165, 1.54) is 23.1 Å². The molecular formula is C22H26BFN6O6S. The molecule has 0 saturated carbocycles. The van der Waals surface area contributed by atoms with Crippen molar-refractivity contribution in [2.24, 2.45) is 0 Å². The summed E-state index contributed by atoms with van der Waals surface area (Å²) in [5, 5.41) is 21.9. The van der Waals surface area contributed by atoms with Gasteiger partial charge in [0.05, 0.1) is 39.3 Å². The van der Waals surface area contributed by atoms with Crippen LogP contribution in [0.2, 0.25) is 0 Å². The number of hydrogen-bond donors (Lipinski definition) is 0. The van der Waals surface area contributed by atoms with Crippen LogP contribution in [0.25, 0.3) is 0 Å². The van der Waals surface area contributed by atoms with Crippen molar-refractivity contribution in [2.75, 3.05) is 4.31 Å². The van der Waals surface area contributed by atoms with Gasteiger partial charge in [-0.25, -0.2) is 17.5 Å². The number of nitrogens with zero attached hydrogens (tertiary/aromatic N) is 6. The van der Waals surface area contributed by atoms with Crippen LogP contribution in [0.1, 0.15) is 34.6 Å². The average molecular weight is 532 g/mol. The van der Waals surface area contributed by atoms with Gasteiger partial charge in [0.15, 0.2) is 0 Å². The maximum atomic E-state index is 15.3. The number of tetrazole rings is 1. The van der Waals surface area contributed by atoms with Crippen LogP contribution in [0.4, 0.5) is 15.8 Å². The van der Waals surface area contributed by atoms with Gasteiger partial charge < -0.3 is 9.31 Å². The highest BCUT2D eigenvalue weighted by molar-refractivity contribution is 7.92. The van der Waals surface area contributed by atoms with Crippen LogP contribution in [0.15, 0.2) is 53.7 Å². The van der Waals surface area contributed by atoms with Crippen LogP contribution in [0.3, 0.4) is 0 Å². The third-order valence-corrected chi connectivity index (χ3v) is 8.52. The number of nitro groups is 1. The first-order valence-corrected chi connectivity index (χ1v) is 12.8. The number of benzene rings is 2. The van der Waals surface area contributed by atoms with E-state index >= 15 is 4.39 Å². The highest BCUT2D eigenvalue weighted by atomic mass is 32.2. The molecule has 1 aliphatic rings. The zero-order valence-corrected chi connectivity index (χ0v) is 21.7. The Kier molecular flexibility index (Phi) is 6.81. The monoisotopic (exact) mass is 532 g/mol. The molecule has 1 fully saturated rings. The van der Waals surface area contributed by atoms with Gasteiger partial charge in [0.1, 0.15) is 12.1 Å². The third-order valence-electron chi connectivity index (χ3n) is 6.58. The predicted molar refractivity (Wildman–Crippen MR) is 132 cm³/mol. The second-order valence-electron chi connectivity index (χ2n) is 9.73. The highest BCUT2D eigenvalue weighted by Crippen LogP contribution is 2.37. The van der Waals surface area contributed by atoms with Crippen molar-refractivity contribution in [3.8, 4) is 0 Å². The molecule has 0 amide bonds. The van der Waals surface area contributed by atoms with Crippen molar-refractivity contribution < 1.29 is 27.0 Å². The summed E-state index contributed by atoms with van der Waals surface area (Å²) in [5.74, 6) is -0.797. The maximum Gasteiger partial charge on any atom is 0.494 e. The Labute approximate surface area is 213 Å². The summed E-state index contributed by atoms with van der Waals surface area (Å²) >= 11 is 0. The van der Waals surface area contributed by atoms with Gasteiger partial charge in [0, 0.05) is 12.1 Å². The summed E-state index contributed by atoms with van der Waals surface area (Å²) in [4.78, 5) is 10.2. The van der Waals surface area contributed by atoms with Gasteiger partial charge in [-0.1, -0.05) is 6.07 Å². The quantitative estimate of drug-likeness (QED) is 0.243. The fourth-order valence-electron chi connectivity index (χ4n) is 3.89. The Hall–Kier alpha value is -3.43. The molecule has 0 aliphatic carbocycles. The molecule has 1 saturated heterocycles. The van der Waals surface area contributed by atoms with E-state index in [1.807, 2.05) is 27.7 Å². The van der Waals surface area contributed by atoms with Crippen molar-refractivity contribution in [1.82, 2.24) is 20.2 Å². The van der Waals surface area contributed by atoms with Crippen LogP contribution in [0.5, 0.6) is 0 Å². The molecule has 0 N–H and O–H groups in total. The van der Waals surface area contributed by atoms with E-state index in [4.69, 9.17) is 9.31 Å². The normalized spacial score (nSPS) is 17.5. The standard InChI is InChI=1S/C22H26BFN6O6S/c1-15(13-28-14-25-26-27-28)29(37(33,34)18-9-7-17(8-10-18)30(31)32)20-12-16(6-11-19(20)24)23-35-21(2,3)22(4,5)36-23/h6-12,14-15H,13H2,1-5H3. The summed E-state index contributed by atoms with van der Waals surface area (Å²) < 4.78 is 57.4. The number of halogens is 1. The summed E-state index contributed by atoms with van der Waals surface area (Å²) in [6.45, 7) is 9.06. The van der Waals surface area contributed by atoms with Crippen molar-refractivity contribution in [3.05, 3.63) is 64.7 Å². The van der Waals surface area contributed by atoms with E-state index in [1.54, 1.807) is 6.92 Å². The Bertz CT molecular complexity index is 1390. The molecule has 2 heterocycles. The molecule has 0 radical (unpaired) electrons. The van der Waals surface area contributed by atoms with Crippen LogP contribution in [-0.4, -0.2) is 57.9 Å². The van der Waals surface area contributed by atoms with E-state index in [0.29, 0.717) is 5.46 Å². The second-order valence-corrected chi connectivity index (χ2v) is 11.5. The third kappa shape index (κ3) is 5.06. The Morgan fingerprint density at radius 1 is 1.14 bits per heavy atom. The summed E-state index contributed by atoms with van der Waals surface area (Å²) in [6, 6.07) is 7.51. The van der Waals surface area contributed by atoms with Gasteiger partial charge in [-0.05, 0) is 74.8 Å². The fourth-order valence-corrected chi connectivity index (χ4v) is 5.54. The van der Waals surface area contributed by atoms with Gasteiger partial charge in [0.2, 0.25) is 0 Å². The first kappa shape index (κ1) is 26.6. The van der Waals surface area contributed by atoms with Gasteiger partial charge in [0.25, 0.3) is 15.7 Å². The molecule has 15 heteroatoms. The van der Waals surface area contributed by atoms with E-state index in [9.17, 15) is 18.5 Å². The van der Waals surface area contributed by atoms with E-state index in [2.05, 4.69) is 15.5 Å². The Morgan fingerprint density at radius 3 is 2.30 bits per heavy atom. The van der Waals surface area contributed by atoms with Crippen molar-refractivity contribution in [1.29, 1.82) is 0 Å². The molecule has 1 aliphatic heterocycles. The van der Waals surface area contributed by atoms with Crippen LogP contribution in [0, 0.1) is 15.9 Å². The minimum absolute atomic E-state index is 0.000625. The molecule has 0 spiro atoms. The van der Waals surface area contributed by atoms with Crippen molar-refractivity contribution in [3.63, 3.8) is 0 Å². The number of rotatable bonds is 8. The number of sulfonamides is 1. The largest absolute Gasteiger partial charge is 0.494 e. The van der Waals surface area contributed by atoms with E-state index < -0.39 is 45.1 Å². The Balaban J connectivity index is 1.80. The second kappa shape index (κ2) is 9.47. The van der Waals surface area contributed by atoms with Crippen LogP contribution < -0.4 is 9.77 Å². The van der Waals surface area contributed by atoms with Crippen LogP contribution in [-0.2, 0) is 25.9 Å². The molecule has 0 bridgehead atoms. The van der Waals surface area contributed by atoms with E-state index in [0.717, 1.165) is 34.6 Å². The van der Waals surface area contributed by atoms with Crippen molar-refractivity contribution >= 4 is 34.0 Å². The smallest absolute Gasteiger partial charge is 0.399 e. The molecule has 37 heavy (non-hydrogen) atoms. The zero-order chi connectivity index (χ0) is 27.2. The average Bonchev–Trinajstić information content (AvgIpc) is 3.39. The predicted octanol–water partition coefficient (Wildman–Crippen LogP) is 2.30. The summed E-state index contributed by atoms with van der Waals surface area (Å²) in [7, 11) is -5.26. The molecular weight excluding hydrogens is 506 g/mol. The molecule has 1 aromatic heterocycles. The lowest BCUT2D eigenvalue weighted by atomic mass is 9.79.